The minimum atomic E-state index is -3.34. The largest absolute Gasteiger partial charge is 0.304 e. The zero-order chi connectivity index (χ0) is 13.7. The standard InChI is InChI=1S/C14H22N2O2S/c1-2-16-10-8-13(9-11-16)12-15-19(17,18)14-6-4-3-5-7-14/h3-7,13,15H,2,8-12H2,1H3. The van der Waals surface area contributed by atoms with E-state index in [1.165, 1.54) is 0 Å². The average molecular weight is 282 g/mol. The molecule has 0 bridgehead atoms. The zero-order valence-electron chi connectivity index (χ0n) is 11.4. The summed E-state index contributed by atoms with van der Waals surface area (Å²) in [4.78, 5) is 2.75. The van der Waals surface area contributed by atoms with E-state index in [9.17, 15) is 8.42 Å². The Morgan fingerprint density at radius 3 is 2.42 bits per heavy atom. The Hall–Kier alpha value is -0.910. The highest BCUT2D eigenvalue weighted by Gasteiger charge is 2.20. The third kappa shape index (κ3) is 4.03. The molecule has 0 spiro atoms. The number of benzene rings is 1. The van der Waals surface area contributed by atoms with Crippen molar-refractivity contribution in [2.75, 3.05) is 26.2 Å². The number of nitrogens with zero attached hydrogens (tertiary/aromatic N) is 1. The summed E-state index contributed by atoms with van der Waals surface area (Å²) in [5.74, 6) is 0.460. The van der Waals surface area contributed by atoms with Crippen LogP contribution in [0.3, 0.4) is 0 Å². The molecule has 5 heteroatoms. The molecule has 1 aliphatic rings. The molecule has 19 heavy (non-hydrogen) atoms. The Kier molecular flexibility index (Phi) is 4.96. The first-order valence-electron chi connectivity index (χ1n) is 6.89. The van der Waals surface area contributed by atoms with Gasteiger partial charge in [-0.1, -0.05) is 25.1 Å². The molecule has 0 radical (unpaired) electrons. The lowest BCUT2D eigenvalue weighted by molar-refractivity contribution is 0.194. The van der Waals surface area contributed by atoms with Crippen molar-refractivity contribution in [3.63, 3.8) is 0 Å². The molecule has 0 saturated carbocycles. The van der Waals surface area contributed by atoms with Gasteiger partial charge in [-0.2, -0.15) is 0 Å². The predicted molar refractivity (Wildman–Crippen MR) is 76.5 cm³/mol. The van der Waals surface area contributed by atoms with E-state index >= 15 is 0 Å². The molecule has 0 amide bonds. The highest BCUT2D eigenvalue weighted by Crippen LogP contribution is 2.17. The van der Waals surface area contributed by atoms with Gasteiger partial charge < -0.3 is 4.90 Å². The molecule has 1 aromatic rings. The van der Waals surface area contributed by atoms with Crippen LogP contribution in [0.5, 0.6) is 0 Å². The van der Waals surface area contributed by atoms with Crippen LogP contribution in [0.1, 0.15) is 19.8 Å². The first kappa shape index (κ1) is 14.5. The number of nitrogens with one attached hydrogen (secondary N) is 1. The van der Waals surface area contributed by atoms with Gasteiger partial charge in [0.15, 0.2) is 0 Å². The molecule has 1 N–H and O–H groups in total. The van der Waals surface area contributed by atoms with Gasteiger partial charge in [0.05, 0.1) is 4.90 Å². The fraction of sp³-hybridized carbons (Fsp3) is 0.571. The van der Waals surface area contributed by atoms with Crippen molar-refractivity contribution in [1.82, 2.24) is 9.62 Å². The third-order valence-corrected chi connectivity index (χ3v) is 5.21. The second-order valence-electron chi connectivity index (χ2n) is 5.04. The molecule has 2 rings (SSSR count). The van der Waals surface area contributed by atoms with Gasteiger partial charge in [0.1, 0.15) is 0 Å². The van der Waals surface area contributed by atoms with Crippen molar-refractivity contribution in [2.24, 2.45) is 5.92 Å². The Labute approximate surface area is 115 Å². The van der Waals surface area contributed by atoms with E-state index < -0.39 is 10.0 Å². The van der Waals surface area contributed by atoms with Gasteiger partial charge in [0, 0.05) is 6.54 Å². The maximum atomic E-state index is 12.1. The minimum Gasteiger partial charge on any atom is -0.304 e. The first-order chi connectivity index (χ1) is 9.12. The van der Waals surface area contributed by atoms with Gasteiger partial charge in [0.25, 0.3) is 0 Å². The van der Waals surface area contributed by atoms with Crippen LogP contribution in [0, 0.1) is 5.92 Å². The van der Waals surface area contributed by atoms with Crippen LogP contribution in [0.4, 0.5) is 0 Å². The second kappa shape index (κ2) is 6.50. The Morgan fingerprint density at radius 1 is 1.21 bits per heavy atom. The van der Waals surface area contributed by atoms with Crippen molar-refractivity contribution in [2.45, 2.75) is 24.7 Å². The number of sulfonamides is 1. The van der Waals surface area contributed by atoms with E-state index in [1.54, 1.807) is 24.3 Å². The Balaban J connectivity index is 1.86. The van der Waals surface area contributed by atoms with Gasteiger partial charge in [-0.05, 0) is 50.5 Å². The lowest BCUT2D eigenvalue weighted by Crippen LogP contribution is -2.38. The summed E-state index contributed by atoms with van der Waals surface area (Å²) >= 11 is 0. The Bertz CT molecular complexity index is 479. The maximum absolute atomic E-state index is 12.1. The summed E-state index contributed by atoms with van der Waals surface area (Å²) in [7, 11) is -3.34. The van der Waals surface area contributed by atoms with Gasteiger partial charge in [-0.3, -0.25) is 0 Å². The van der Waals surface area contributed by atoms with Gasteiger partial charge in [-0.15, -0.1) is 0 Å². The molecule has 1 fully saturated rings. The third-order valence-electron chi connectivity index (χ3n) is 3.77. The van der Waals surface area contributed by atoms with Crippen molar-refractivity contribution in [3.8, 4) is 0 Å². The minimum absolute atomic E-state index is 0.348. The van der Waals surface area contributed by atoms with Crippen LogP contribution in [0.2, 0.25) is 0 Å². The SMILES string of the molecule is CCN1CCC(CNS(=O)(=O)c2ccccc2)CC1. The van der Waals surface area contributed by atoms with Crippen LogP contribution in [-0.4, -0.2) is 39.5 Å². The van der Waals surface area contributed by atoms with Gasteiger partial charge in [0.2, 0.25) is 10.0 Å². The lowest BCUT2D eigenvalue weighted by atomic mass is 9.97. The number of piperidine rings is 1. The molecular formula is C14H22N2O2S. The molecule has 0 aromatic heterocycles. The Morgan fingerprint density at radius 2 is 1.84 bits per heavy atom. The van der Waals surface area contributed by atoms with E-state index in [1.807, 2.05) is 6.07 Å². The summed E-state index contributed by atoms with van der Waals surface area (Å²) in [5.41, 5.74) is 0. The summed E-state index contributed by atoms with van der Waals surface area (Å²) in [6, 6.07) is 8.56. The number of likely N-dealkylation sites (tertiary alicyclic amines) is 1. The monoisotopic (exact) mass is 282 g/mol. The molecular weight excluding hydrogens is 260 g/mol. The molecule has 1 heterocycles. The topological polar surface area (TPSA) is 49.4 Å². The average Bonchev–Trinajstić information content (AvgIpc) is 2.47. The van der Waals surface area contributed by atoms with Crippen molar-refractivity contribution in [3.05, 3.63) is 30.3 Å². The molecule has 0 atom stereocenters. The smallest absolute Gasteiger partial charge is 0.240 e. The summed E-state index contributed by atoms with van der Waals surface area (Å²) in [6.45, 7) is 5.96. The fourth-order valence-corrected chi connectivity index (χ4v) is 3.55. The summed E-state index contributed by atoms with van der Waals surface area (Å²) in [6.07, 6.45) is 2.15. The quantitative estimate of drug-likeness (QED) is 0.894. The van der Waals surface area contributed by atoms with Crippen LogP contribution in [-0.2, 0) is 10.0 Å². The molecule has 1 saturated heterocycles. The highest BCUT2D eigenvalue weighted by molar-refractivity contribution is 7.89. The molecule has 1 aromatic carbocycles. The van der Waals surface area contributed by atoms with Gasteiger partial charge >= 0.3 is 0 Å². The van der Waals surface area contributed by atoms with E-state index in [2.05, 4.69) is 16.5 Å². The summed E-state index contributed by atoms with van der Waals surface area (Å²) < 4.78 is 26.9. The van der Waals surface area contributed by atoms with Crippen molar-refractivity contribution in [1.29, 1.82) is 0 Å². The maximum Gasteiger partial charge on any atom is 0.240 e. The van der Waals surface area contributed by atoms with Gasteiger partial charge in [-0.25, -0.2) is 13.1 Å². The normalized spacial score (nSPS) is 18.6. The number of hydrogen-bond donors (Lipinski definition) is 1. The van der Waals surface area contributed by atoms with E-state index in [-0.39, 0.29) is 0 Å². The number of hydrogen-bond acceptors (Lipinski definition) is 3. The molecule has 1 aliphatic heterocycles. The van der Waals surface area contributed by atoms with Crippen LogP contribution in [0.25, 0.3) is 0 Å². The molecule has 0 unspecified atom stereocenters. The van der Waals surface area contributed by atoms with E-state index in [0.717, 1.165) is 32.5 Å². The molecule has 0 aliphatic carbocycles. The van der Waals surface area contributed by atoms with E-state index in [4.69, 9.17) is 0 Å². The predicted octanol–water partition coefficient (Wildman–Crippen LogP) is 1.70. The lowest BCUT2D eigenvalue weighted by Gasteiger charge is -2.30. The molecule has 106 valence electrons. The van der Waals surface area contributed by atoms with Crippen LogP contribution >= 0.6 is 0 Å². The summed E-state index contributed by atoms with van der Waals surface area (Å²) in [5, 5.41) is 0. The molecule has 4 nitrogen and oxygen atoms in total. The fourth-order valence-electron chi connectivity index (χ4n) is 2.42. The number of rotatable bonds is 5. The van der Waals surface area contributed by atoms with Crippen molar-refractivity contribution < 1.29 is 8.42 Å². The van der Waals surface area contributed by atoms with Crippen LogP contribution < -0.4 is 4.72 Å². The van der Waals surface area contributed by atoms with Crippen LogP contribution in [0.15, 0.2) is 35.2 Å². The zero-order valence-corrected chi connectivity index (χ0v) is 12.2. The highest BCUT2D eigenvalue weighted by atomic mass is 32.2. The second-order valence-corrected chi connectivity index (χ2v) is 6.81. The first-order valence-corrected chi connectivity index (χ1v) is 8.37. The van der Waals surface area contributed by atoms with Crippen molar-refractivity contribution >= 4 is 10.0 Å². The van der Waals surface area contributed by atoms with E-state index in [0.29, 0.717) is 17.4 Å².